The van der Waals surface area contributed by atoms with Gasteiger partial charge in [0, 0.05) is 78.7 Å². The predicted octanol–water partition coefficient (Wildman–Crippen LogP) is 4.57. The first kappa shape index (κ1) is 38.7. The second-order valence-electron chi connectivity index (χ2n) is 14.4. The Labute approximate surface area is 300 Å². The van der Waals surface area contributed by atoms with Crippen LogP contribution in [-0.2, 0) is 20.2 Å². The fourth-order valence-corrected chi connectivity index (χ4v) is 11.0. The Morgan fingerprint density at radius 1 is 0.760 bits per heavy atom. The molecular formula is C36H57FN6O5S2. The summed E-state index contributed by atoms with van der Waals surface area (Å²) in [5.74, 6) is 0.0925. The van der Waals surface area contributed by atoms with E-state index in [2.05, 4.69) is 4.90 Å². The lowest BCUT2D eigenvalue weighted by Gasteiger charge is -2.39. The minimum atomic E-state index is -3.86. The number of para-hydroxylation sites is 1. The zero-order valence-electron chi connectivity index (χ0n) is 30.3. The third kappa shape index (κ3) is 9.48. The standard InChI is InChI=1S/C36H57FN6O5S2/c1-30-27-42(49(44,45)33-17-15-32(16-18-33)38(2)3)21-9-19-39(29-31-11-6-5-7-12-31)20-10-22-43(28-30)50(46,47)41-25-23-40(24-26-41)35-14-8-13-34(37)36(35)48-4/h8,13-18,30-31H,5-7,9-12,19-29H2,1-4H3/t30-/m0/s1. The molecule has 0 unspecified atom stereocenters. The quantitative estimate of drug-likeness (QED) is 0.370. The Balaban J connectivity index is 1.35. The number of ether oxygens (including phenoxy) is 1. The number of hydrogen-bond acceptors (Lipinski definition) is 8. The number of hydrogen-bond donors (Lipinski definition) is 0. The molecule has 0 radical (unpaired) electrons. The molecular weight excluding hydrogens is 680 g/mol. The van der Waals surface area contributed by atoms with Crippen molar-refractivity contribution in [1.29, 1.82) is 0 Å². The van der Waals surface area contributed by atoms with E-state index < -0.39 is 26.0 Å². The lowest BCUT2D eigenvalue weighted by atomic mass is 9.89. The average molecular weight is 737 g/mol. The molecule has 1 aliphatic carbocycles. The number of rotatable bonds is 9. The van der Waals surface area contributed by atoms with Crippen LogP contribution in [0.2, 0.25) is 0 Å². The fraction of sp³-hybridized carbons (Fsp3) is 0.667. The van der Waals surface area contributed by atoms with E-state index in [1.807, 2.05) is 43.0 Å². The molecule has 5 rings (SSSR count). The van der Waals surface area contributed by atoms with Crippen molar-refractivity contribution in [3.05, 3.63) is 48.3 Å². The molecule has 11 nitrogen and oxygen atoms in total. The molecule has 0 aromatic heterocycles. The molecule has 50 heavy (non-hydrogen) atoms. The number of piperazine rings is 1. The van der Waals surface area contributed by atoms with E-state index in [1.54, 1.807) is 32.9 Å². The molecule has 1 atom stereocenters. The van der Waals surface area contributed by atoms with Crippen LogP contribution < -0.4 is 14.5 Å². The first-order valence-corrected chi connectivity index (χ1v) is 21.1. The third-order valence-electron chi connectivity index (χ3n) is 10.4. The van der Waals surface area contributed by atoms with Crippen LogP contribution in [0.25, 0.3) is 0 Å². The van der Waals surface area contributed by atoms with Crippen LogP contribution in [0.15, 0.2) is 47.4 Å². The molecule has 2 heterocycles. The molecule has 14 heteroatoms. The highest BCUT2D eigenvalue weighted by molar-refractivity contribution is 7.89. The second kappa shape index (κ2) is 17.4. The molecule has 0 N–H and O–H groups in total. The Morgan fingerprint density at radius 3 is 2.00 bits per heavy atom. The van der Waals surface area contributed by atoms with E-state index in [1.165, 1.54) is 49.6 Å². The summed E-state index contributed by atoms with van der Waals surface area (Å²) < 4.78 is 81.2. The maximum absolute atomic E-state index is 14.4. The molecule has 2 aromatic rings. The summed E-state index contributed by atoms with van der Waals surface area (Å²) in [6.45, 7) is 6.93. The number of benzene rings is 2. The van der Waals surface area contributed by atoms with Crippen molar-refractivity contribution < 1.29 is 26.0 Å². The first-order chi connectivity index (χ1) is 23.9. The molecule has 280 valence electrons. The van der Waals surface area contributed by atoms with Crippen LogP contribution in [0.3, 0.4) is 0 Å². The van der Waals surface area contributed by atoms with Gasteiger partial charge in [-0.05, 0) is 87.0 Å². The summed E-state index contributed by atoms with van der Waals surface area (Å²) in [6.07, 6.45) is 7.64. The number of nitrogens with zero attached hydrogens (tertiary/aromatic N) is 6. The predicted molar refractivity (Wildman–Crippen MR) is 198 cm³/mol. The van der Waals surface area contributed by atoms with Gasteiger partial charge in [0.15, 0.2) is 11.6 Å². The topological polar surface area (TPSA) is 97.0 Å². The largest absolute Gasteiger partial charge is 0.492 e. The highest BCUT2D eigenvalue weighted by atomic mass is 32.2. The summed E-state index contributed by atoms with van der Waals surface area (Å²) >= 11 is 0. The van der Waals surface area contributed by atoms with Crippen molar-refractivity contribution >= 4 is 31.6 Å². The summed E-state index contributed by atoms with van der Waals surface area (Å²) in [5.41, 5.74) is 1.53. The Morgan fingerprint density at radius 2 is 1.38 bits per heavy atom. The second-order valence-corrected chi connectivity index (χ2v) is 18.3. The summed E-state index contributed by atoms with van der Waals surface area (Å²) in [7, 11) is -2.39. The van der Waals surface area contributed by atoms with Crippen LogP contribution >= 0.6 is 0 Å². The lowest BCUT2D eigenvalue weighted by Crippen LogP contribution is -2.54. The number of sulfonamides is 1. The van der Waals surface area contributed by atoms with E-state index in [0.29, 0.717) is 44.2 Å². The summed E-state index contributed by atoms with van der Waals surface area (Å²) in [6, 6.07) is 11.7. The van der Waals surface area contributed by atoms with Gasteiger partial charge in [-0.25, -0.2) is 12.8 Å². The molecule has 2 aliphatic heterocycles. The molecule has 3 fully saturated rings. The van der Waals surface area contributed by atoms with E-state index in [0.717, 1.165) is 31.7 Å². The highest BCUT2D eigenvalue weighted by Crippen LogP contribution is 2.32. The van der Waals surface area contributed by atoms with Crippen molar-refractivity contribution in [3.8, 4) is 5.75 Å². The van der Waals surface area contributed by atoms with Crippen molar-refractivity contribution in [2.45, 2.75) is 56.8 Å². The van der Waals surface area contributed by atoms with Crippen molar-refractivity contribution in [2.75, 3.05) is 103 Å². The van der Waals surface area contributed by atoms with Gasteiger partial charge in [-0.1, -0.05) is 32.3 Å². The maximum Gasteiger partial charge on any atom is 0.282 e. The van der Waals surface area contributed by atoms with Crippen molar-refractivity contribution in [3.63, 3.8) is 0 Å². The van der Waals surface area contributed by atoms with E-state index >= 15 is 0 Å². The SMILES string of the molecule is COc1c(F)cccc1N1CCN(S(=O)(=O)N2CCCN(CC3CCCCC3)CCCN(S(=O)(=O)c3ccc(N(C)C)cc3)C[C@H](C)C2)CC1. The fourth-order valence-electron chi connectivity index (χ4n) is 7.67. The van der Waals surface area contributed by atoms with Gasteiger partial charge >= 0.3 is 0 Å². The Kier molecular flexibility index (Phi) is 13.4. The summed E-state index contributed by atoms with van der Waals surface area (Å²) in [5, 5.41) is 0. The van der Waals surface area contributed by atoms with E-state index in [4.69, 9.17) is 4.74 Å². The zero-order valence-corrected chi connectivity index (χ0v) is 32.0. The minimum Gasteiger partial charge on any atom is -0.492 e. The first-order valence-electron chi connectivity index (χ1n) is 18.2. The van der Waals surface area contributed by atoms with Crippen molar-refractivity contribution in [1.82, 2.24) is 17.8 Å². The van der Waals surface area contributed by atoms with Gasteiger partial charge < -0.3 is 19.4 Å². The van der Waals surface area contributed by atoms with Crippen LogP contribution in [0.1, 0.15) is 51.9 Å². The van der Waals surface area contributed by atoms with Gasteiger partial charge in [-0.2, -0.15) is 21.3 Å². The molecule has 0 spiro atoms. The van der Waals surface area contributed by atoms with Crippen LogP contribution in [0.4, 0.5) is 15.8 Å². The van der Waals surface area contributed by atoms with Gasteiger partial charge in [0.25, 0.3) is 10.2 Å². The zero-order chi connectivity index (χ0) is 35.9. The molecule has 2 aromatic carbocycles. The number of anilines is 2. The molecule has 3 aliphatic rings. The van der Waals surface area contributed by atoms with Gasteiger partial charge in [-0.15, -0.1) is 0 Å². The molecule has 1 saturated carbocycles. The van der Waals surface area contributed by atoms with E-state index in [9.17, 15) is 21.2 Å². The highest BCUT2D eigenvalue weighted by Gasteiger charge is 2.35. The molecule has 2 saturated heterocycles. The average Bonchev–Trinajstić information content (AvgIpc) is 3.10. The summed E-state index contributed by atoms with van der Waals surface area (Å²) in [4.78, 5) is 6.58. The van der Waals surface area contributed by atoms with Crippen LogP contribution in [0, 0.1) is 17.7 Å². The third-order valence-corrected chi connectivity index (χ3v) is 14.3. The van der Waals surface area contributed by atoms with Gasteiger partial charge in [0.1, 0.15) is 0 Å². The minimum absolute atomic E-state index is 0.159. The Hall–Kier alpha value is -2.49. The maximum atomic E-state index is 14.4. The van der Waals surface area contributed by atoms with Crippen LogP contribution in [0.5, 0.6) is 5.75 Å². The van der Waals surface area contributed by atoms with Gasteiger partial charge in [0.05, 0.1) is 17.7 Å². The van der Waals surface area contributed by atoms with Gasteiger partial charge in [0.2, 0.25) is 10.0 Å². The molecule has 0 bridgehead atoms. The van der Waals surface area contributed by atoms with E-state index in [-0.39, 0.29) is 42.7 Å². The Bertz CT molecular complexity index is 1600. The number of halogens is 1. The number of methoxy groups -OCH3 is 1. The normalized spacial score (nSPS) is 22.5. The smallest absolute Gasteiger partial charge is 0.282 e. The van der Waals surface area contributed by atoms with Gasteiger partial charge in [-0.3, -0.25) is 0 Å². The lowest BCUT2D eigenvalue weighted by molar-refractivity contribution is 0.179. The van der Waals surface area contributed by atoms with Crippen molar-refractivity contribution in [2.24, 2.45) is 11.8 Å². The molecule has 0 amide bonds. The monoisotopic (exact) mass is 736 g/mol. The van der Waals surface area contributed by atoms with Crippen LogP contribution in [-0.4, -0.2) is 128 Å².